The number of anilines is 1. The van der Waals surface area contributed by atoms with Gasteiger partial charge in [0.05, 0.1) is 23.3 Å². The molecule has 0 N–H and O–H groups in total. The average molecular weight is 390 g/mol. The van der Waals surface area contributed by atoms with E-state index in [2.05, 4.69) is 25.1 Å². The molecule has 1 aliphatic rings. The number of hydrogen-bond acceptors (Lipinski definition) is 4. The highest BCUT2D eigenvalue weighted by Gasteiger charge is 2.35. The van der Waals surface area contributed by atoms with E-state index in [1.54, 1.807) is 16.7 Å². The van der Waals surface area contributed by atoms with Crippen molar-refractivity contribution in [2.75, 3.05) is 22.2 Å². The Hall–Kier alpha value is -1.79. The van der Waals surface area contributed by atoms with E-state index in [1.165, 1.54) is 11.1 Å². The van der Waals surface area contributed by atoms with Crippen molar-refractivity contribution >= 4 is 33.2 Å². The van der Waals surface area contributed by atoms with Gasteiger partial charge in [-0.3, -0.25) is 4.79 Å². The summed E-state index contributed by atoms with van der Waals surface area (Å²) >= 11 is 1.56. The molecular weight excluding hydrogens is 366 g/mol. The topological polar surface area (TPSA) is 54.5 Å². The van der Waals surface area contributed by atoms with Crippen LogP contribution in [-0.4, -0.2) is 37.6 Å². The zero-order valence-corrected chi connectivity index (χ0v) is 16.4. The number of aryl methyl sites for hydroxylation is 1. The number of benzene rings is 2. The molecule has 26 heavy (non-hydrogen) atoms. The van der Waals surface area contributed by atoms with Gasteiger partial charge in [-0.1, -0.05) is 48.0 Å². The monoisotopic (exact) mass is 389 g/mol. The second-order valence-corrected chi connectivity index (χ2v) is 9.85. The fraction of sp³-hybridized carbons (Fsp3) is 0.350. The van der Waals surface area contributed by atoms with Crippen molar-refractivity contribution < 1.29 is 13.2 Å². The fourth-order valence-electron chi connectivity index (χ4n) is 3.25. The molecule has 3 rings (SSSR count). The van der Waals surface area contributed by atoms with Crippen LogP contribution in [0, 0.1) is 6.92 Å². The van der Waals surface area contributed by atoms with Crippen LogP contribution in [0.4, 0.5) is 5.69 Å². The first-order chi connectivity index (χ1) is 12.4. The standard InChI is InChI=1S/C20H23NO3S2/c1-16-6-5-7-17(12-16)13-25-14-20(22)21(18-8-3-2-4-9-18)19-10-11-26(23,24)15-19/h2-9,12,19H,10-11,13-15H2,1H3/t19-/m1/s1. The van der Waals surface area contributed by atoms with Gasteiger partial charge in [0, 0.05) is 11.4 Å². The van der Waals surface area contributed by atoms with Crippen LogP contribution in [0.2, 0.25) is 0 Å². The Kier molecular flexibility index (Phi) is 6.04. The van der Waals surface area contributed by atoms with Gasteiger partial charge < -0.3 is 4.90 Å². The molecule has 0 radical (unpaired) electrons. The van der Waals surface area contributed by atoms with Gasteiger partial charge in [0.15, 0.2) is 9.84 Å². The Morgan fingerprint density at radius 2 is 1.92 bits per heavy atom. The van der Waals surface area contributed by atoms with E-state index < -0.39 is 9.84 Å². The summed E-state index contributed by atoms with van der Waals surface area (Å²) in [5, 5.41) is 0. The average Bonchev–Trinajstić information content (AvgIpc) is 2.96. The molecule has 1 atom stereocenters. The van der Waals surface area contributed by atoms with Gasteiger partial charge in [0.1, 0.15) is 0 Å². The summed E-state index contributed by atoms with van der Waals surface area (Å²) in [6.45, 7) is 2.05. The number of para-hydroxylation sites is 1. The highest BCUT2D eigenvalue weighted by atomic mass is 32.2. The van der Waals surface area contributed by atoms with Crippen molar-refractivity contribution in [3.63, 3.8) is 0 Å². The van der Waals surface area contributed by atoms with Crippen molar-refractivity contribution in [1.29, 1.82) is 0 Å². The van der Waals surface area contributed by atoms with Crippen LogP contribution in [0.3, 0.4) is 0 Å². The molecule has 0 aromatic heterocycles. The molecule has 1 amide bonds. The summed E-state index contributed by atoms with van der Waals surface area (Å²) in [5.41, 5.74) is 3.17. The zero-order valence-electron chi connectivity index (χ0n) is 14.8. The summed E-state index contributed by atoms with van der Waals surface area (Å²) in [6, 6.07) is 17.4. The van der Waals surface area contributed by atoms with Crippen LogP contribution >= 0.6 is 11.8 Å². The largest absolute Gasteiger partial charge is 0.308 e. The molecular formula is C20H23NO3S2. The Bertz CT molecular complexity index is 866. The normalized spacial score (nSPS) is 18.6. The second kappa shape index (κ2) is 8.27. The summed E-state index contributed by atoms with van der Waals surface area (Å²) in [6.07, 6.45) is 0.505. The summed E-state index contributed by atoms with van der Waals surface area (Å²) < 4.78 is 23.8. The van der Waals surface area contributed by atoms with Gasteiger partial charge in [-0.25, -0.2) is 8.42 Å². The van der Waals surface area contributed by atoms with Crippen molar-refractivity contribution in [3.8, 4) is 0 Å². The number of sulfone groups is 1. The molecule has 0 unspecified atom stereocenters. The van der Waals surface area contributed by atoms with Gasteiger partial charge in [0.25, 0.3) is 0 Å². The maximum Gasteiger partial charge on any atom is 0.237 e. The predicted molar refractivity (Wildman–Crippen MR) is 108 cm³/mol. The number of thioether (sulfide) groups is 1. The van der Waals surface area contributed by atoms with Gasteiger partial charge >= 0.3 is 0 Å². The summed E-state index contributed by atoms with van der Waals surface area (Å²) in [7, 11) is -3.05. The zero-order chi connectivity index (χ0) is 18.6. The number of hydrogen-bond donors (Lipinski definition) is 0. The molecule has 0 aliphatic carbocycles. The number of carbonyl (C=O) groups is 1. The van der Waals surface area contributed by atoms with Gasteiger partial charge in [-0.2, -0.15) is 0 Å². The highest BCUT2D eigenvalue weighted by Crippen LogP contribution is 2.26. The minimum absolute atomic E-state index is 0.0315. The molecule has 6 heteroatoms. The van der Waals surface area contributed by atoms with Crippen molar-refractivity contribution in [1.82, 2.24) is 0 Å². The van der Waals surface area contributed by atoms with E-state index in [9.17, 15) is 13.2 Å². The molecule has 1 aliphatic heterocycles. The minimum atomic E-state index is -3.05. The lowest BCUT2D eigenvalue weighted by molar-refractivity contribution is -0.116. The van der Waals surface area contributed by atoms with Gasteiger partial charge in [-0.15, -0.1) is 11.8 Å². The minimum Gasteiger partial charge on any atom is -0.308 e. The Morgan fingerprint density at radius 3 is 2.58 bits per heavy atom. The van der Waals surface area contributed by atoms with E-state index in [4.69, 9.17) is 0 Å². The van der Waals surface area contributed by atoms with E-state index in [0.29, 0.717) is 12.2 Å². The Labute approximate surface area is 159 Å². The molecule has 1 fully saturated rings. The van der Waals surface area contributed by atoms with Crippen LogP contribution in [0.15, 0.2) is 54.6 Å². The molecule has 2 aromatic rings. The molecule has 4 nitrogen and oxygen atoms in total. The number of nitrogens with zero attached hydrogens (tertiary/aromatic N) is 1. The second-order valence-electron chi connectivity index (χ2n) is 6.64. The third kappa shape index (κ3) is 4.89. The SMILES string of the molecule is Cc1cccc(CSCC(=O)N(c2ccccc2)[C@@H]2CCS(=O)(=O)C2)c1. The van der Waals surface area contributed by atoms with E-state index >= 15 is 0 Å². The maximum atomic E-state index is 12.9. The molecule has 1 heterocycles. The molecule has 2 aromatic carbocycles. The number of rotatable bonds is 6. The smallest absolute Gasteiger partial charge is 0.237 e. The first-order valence-corrected chi connectivity index (χ1v) is 11.6. The van der Waals surface area contributed by atoms with Crippen LogP contribution in [0.5, 0.6) is 0 Å². The van der Waals surface area contributed by atoms with E-state index in [0.717, 1.165) is 11.4 Å². The molecule has 1 saturated heterocycles. The van der Waals surface area contributed by atoms with Crippen LogP contribution < -0.4 is 4.90 Å². The van der Waals surface area contributed by atoms with Crippen molar-refractivity contribution in [3.05, 3.63) is 65.7 Å². The lowest BCUT2D eigenvalue weighted by Crippen LogP contribution is -2.42. The van der Waals surface area contributed by atoms with Crippen LogP contribution in [-0.2, 0) is 20.4 Å². The predicted octanol–water partition coefficient (Wildman–Crippen LogP) is 3.45. The molecule has 0 saturated carbocycles. The highest BCUT2D eigenvalue weighted by molar-refractivity contribution is 7.99. The first-order valence-electron chi connectivity index (χ1n) is 8.65. The lowest BCUT2D eigenvalue weighted by Gasteiger charge is -2.28. The first kappa shape index (κ1) is 19.0. The number of amides is 1. The maximum absolute atomic E-state index is 12.9. The van der Waals surface area contributed by atoms with Crippen molar-refractivity contribution in [2.24, 2.45) is 0 Å². The van der Waals surface area contributed by atoms with Crippen molar-refractivity contribution in [2.45, 2.75) is 25.1 Å². The Balaban J connectivity index is 1.69. The third-order valence-corrected chi connectivity index (χ3v) is 7.19. The van der Waals surface area contributed by atoms with Gasteiger partial charge in [0.2, 0.25) is 5.91 Å². The molecule has 138 valence electrons. The van der Waals surface area contributed by atoms with Crippen LogP contribution in [0.1, 0.15) is 17.5 Å². The lowest BCUT2D eigenvalue weighted by atomic mass is 10.2. The summed E-state index contributed by atoms with van der Waals surface area (Å²) in [4.78, 5) is 14.6. The van der Waals surface area contributed by atoms with E-state index in [-0.39, 0.29) is 23.5 Å². The fourth-order valence-corrected chi connectivity index (χ4v) is 5.78. The van der Waals surface area contributed by atoms with E-state index in [1.807, 2.05) is 36.4 Å². The van der Waals surface area contributed by atoms with Gasteiger partial charge in [-0.05, 0) is 31.0 Å². The quantitative estimate of drug-likeness (QED) is 0.759. The number of carbonyl (C=O) groups excluding carboxylic acids is 1. The summed E-state index contributed by atoms with van der Waals surface area (Å²) in [5.74, 6) is 1.27. The molecule has 0 bridgehead atoms. The molecule has 0 spiro atoms. The van der Waals surface area contributed by atoms with Crippen LogP contribution in [0.25, 0.3) is 0 Å². The third-order valence-electron chi connectivity index (χ3n) is 4.45. The Morgan fingerprint density at radius 1 is 1.15 bits per heavy atom.